The van der Waals surface area contributed by atoms with Gasteiger partial charge in [0.15, 0.2) is 0 Å². The third kappa shape index (κ3) is 4.21. The van der Waals surface area contributed by atoms with Crippen LogP contribution >= 0.6 is 11.6 Å². The first kappa shape index (κ1) is 13.0. The van der Waals surface area contributed by atoms with Gasteiger partial charge in [0.25, 0.3) is 5.91 Å². The summed E-state index contributed by atoms with van der Waals surface area (Å²) in [5, 5.41) is 12.7. The molecule has 1 rings (SSSR count). The summed E-state index contributed by atoms with van der Waals surface area (Å²) in [5.41, 5.74) is 0.579. The van der Waals surface area contributed by atoms with Crippen molar-refractivity contribution in [2.45, 2.75) is 25.9 Å². The minimum absolute atomic E-state index is 0.139. The Labute approximate surface area is 100 Å². The van der Waals surface area contributed by atoms with Gasteiger partial charge in [0.2, 0.25) is 0 Å². The van der Waals surface area contributed by atoms with Crippen molar-refractivity contribution in [3.8, 4) is 0 Å². The van der Waals surface area contributed by atoms with Gasteiger partial charge in [-0.3, -0.25) is 4.79 Å². The van der Waals surface area contributed by atoms with Crippen molar-refractivity contribution in [3.05, 3.63) is 34.9 Å². The van der Waals surface area contributed by atoms with Crippen LogP contribution in [0.1, 0.15) is 30.1 Å². The van der Waals surface area contributed by atoms with Gasteiger partial charge < -0.3 is 10.4 Å². The van der Waals surface area contributed by atoms with Crippen molar-refractivity contribution < 1.29 is 9.90 Å². The van der Waals surface area contributed by atoms with E-state index in [1.165, 1.54) is 0 Å². The van der Waals surface area contributed by atoms with Crippen LogP contribution in [0.5, 0.6) is 0 Å². The predicted molar refractivity (Wildman–Crippen MR) is 64.7 cm³/mol. The van der Waals surface area contributed by atoms with E-state index in [9.17, 15) is 9.90 Å². The van der Waals surface area contributed by atoms with Crippen LogP contribution in [-0.4, -0.2) is 23.7 Å². The third-order valence-electron chi connectivity index (χ3n) is 2.34. The van der Waals surface area contributed by atoms with Crippen LogP contribution in [0.4, 0.5) is 0 Å². The molecule has 0 aliphatic rings. The van der Waals surface area contributed by atoms with Crippen LogP contribution in [0.3, 0.4) is 0 Å². The van der Waals surface area contributed by atoms with Gasteiger partial charge in [0.05, 0.1) is 6.10 Å². The highest BCUT2D eigenvalue weighted by atomic mass is 35.5. The molecule has 0 aliphatic carbocycles. The summed E-state index contributed by atoms with van der Waals surface area (Å²) in [6.45, 7) is 2.39. The molecule has 4 heteroatoms. The number of hydrogen-bond acceptors (Lipinski definition) is 2. The molecule has 1 aromatic carbocycles. The van der Waals surface area contributed by atoms with Crippen LogP contribution in [-0.2, 0) is 0 Å². The van der Waals surface area contributed by atoms with Crippen molar-refractivity contribution in [2.75, 3.05) is 6.54 Å². The summed E-state index contributed by atoms with van der Waals surface area (Å²) in [6.07, 6.45) is 0.942. The summed E-state index contributed by atoms with van der Waals surface area (Å²) in [7, 11) is 0. The fraction of sp³-hybridized carbons (Fsp3) is 0.417. The minimum Gasteiger partial charge on any atom is -0.393 e. The third-order valence-corrected chi connectivity index (χ3v) is 2.59. The molecular weight excluding hydrogens is 226 g/mol. The first-order chi connectivity index (χ1) is 7.63. The second-order valence-electron chi connectivity index (χ2n) is 3.61. The van der Waals surface area contributed by atoms with E-state index in [0.29, 0.717) is 30.0 Å². The Morgan fingerprint density at radius 1 is 1.44 bits per heavy atom. The molecule has 0 saturated carbocycles. The molecule has 0 radical (unpaired) electrons. The lowest BCUT2D eigenvalue weighted by molar-refractivity contribution is 0.0942. The van der Waals surface area contributed by atoms with Crippen LogP contribution < -0.4 is 5.32 Å². The average molecular weight is 242 g/mol. The van der Waals surface area contributed by atoms with Crippen LogP contribution in [0, 0.1) is 0 Å². The summed E-state index contributed by atoms with van der Waals surface area (Å²) in [5.74, 6) is -0.139. The maximum absolute atomic E-state index is 11.6. The van der Waals surface area contributed by atoms with E-state index in [4.69, 9.17) is 11.6 Å². The molecule has 88 valence electrons. The maximum Gasteiger partial charge on any atom is 0.251 e. The number of amides is 1. The van der Waals surface area contributed by atoms with E-state index in [1.807, 2.05) is 6.92 Å². The number of aliphatic hydroxyl groups is 1. The Morgan fingerprint density at radius 3 is 2.62 bits per heavy atom. The molecule has 1 atom stereocenters. The van der Waals surface area contributed by atoms with Crippen molar-refractivity contribution in [3.63, 3.8) is 0 Å². The number of aliphatic hydroxyl groups excluding tert-OH is 1. The Hall–Kier alpha value is -1.06. The Morgan fingerprint density at radius 2 is 2.06 bits per heavy atom. The molecule has 0 fully saturated rings. The summed E-state index contributed by atoms with van der Waals surface area (Å²) >= 11 is 5.72. The Kier molecular flexibility index (Phi) is 5.29. The number of benzene rings is 1. The maximum atomic E-state index is 11.6. The minimum atomic E-state index is -0.342. The highest BCUT2D eigenvalue weighted by molar-refractivity contribution is 6.30. The second-order valence-corrected chi connectivity index (χ2v) is 4.05. The molecule has 16 heavy (non-hydrogen) atoms. The molecule has 0 spiro atoms. The van der Waals surface area contributed by atoms with Crippen molar-refractivity contribution in [1.82, 2.24) is 5.32 Å². The molecule has 0 aliphatic heterocycles. The molecular formula is C12H16ClNO2. The van der Waals surface area contributed by atoms with Gasteiger partial charge >= 0.3 is 0 Å². The quantitative estimate of drug-likeness (QED) is 0.831. The van der Waals surface area contributed by atoms with Crippen LogP contribution in [0.2, 0.25) is 5.02 Å². The average Bonchev–Trinajstić information content (AvgIpc) is 2.29. The van der Waals surface area contributed by atoms with Gasteiger partial charge in [-0.05, 0) is 37.1 Å². The van der Waals surface area contributed by atoms with E-state index in [1.54, 1.807) is 24.3 Å². The number of carbonyl (C=O) groups is 1. The lowest BCUT2D eigenvalue weighted by atomic mass is 10.2. The molecule has 0 bridgehead atoms. The van der Waals surface area contributed by atoms with E-state index < -0.39 is 0 Å². The predicted octanol–water partition coefficient (Wildman–Crippen LogP) is 2.23. The SMILES string of the molecule is CCC(O)CCNC(=O)c1ccc(Cl)cc1. The molecule has 2 N–H and O–H groups in total. The number of halogens is 1. The van der Waals surface area contributed by atoms with E-state index in [-0.39, 0.29) is 12.0 Å². The smallest absolute Gasteiger partial charge is 0.251 e. The monoisotopic (exact) mass is 241 g/mol. The molecule has 0 aromatic heterocycles. The first-order valence-corrected chi connectivity index (χ1v) is 5.73. The summed E-state index contributed by atoms with van der Waals surface area (Å²) in [4.78, 5) is 11.6. The fourth-order valence-corrected chi connectivity index (χ4v) is 1.39. The number of hydrogen-bond donors (Lipinski definition) is 2. The van der Waals surface area contributed by atoms with Gasteiger partial charge in [0, 0.05) is 17.1 Å². The molecule has 0 saturated heterocycles. The standard InChI is InChI=1S/C12H16ClNO2/c1-2-11(15)7-8-14-12(16)9-3-5-10(13)6-4-9/h3-6,11,15H,2,7-8H2,1H3,(H,14,16). The zero-order valence-electron chi connectivity index (χ0n) is 9.24. The van der Waals surface area contributed by atoms with Crippen LogP contribution in [0.25, 0.3) is 0 Å². The van der Waals surface area contributed by atoms with Gasteiger partial charge in [-0.25, -0.2) is 0 Å². The summed E-state index contributed by atoms with van der Waals surface area (Å²) in [6, 6.07) is 6.70. The number of carbonyl (C=O) groups excluding carboxylic acids is 1. The molecule has 1 unspecified atom stereocenters. The van der Waals surface area contributed by atoms with E-state index in [2.05, 4.69) is 5.32 Å². The topological polar surface area (TPSA) is 49.3 Å². The normalized spacial score (nSPS) is 12.2. The highest BCUT2D eigenvalue weighted by Crippen LogP contribution is 2.09. The zero-order chi connectivity index (χ0) is 12.0. The Balaban J connectivity index is 2.38. The largest absolute Gasteiger partial charge is 0.393 e. The fourth-order valence-electron chi connectivity index (χ4n) is 1.26. The number of rotatable bonds is 5. The van der Waals surface area contributed by atoms with E-state index >= 15 is 0 Å². The Bertz CT molecular complexity index is 337. The molecule has 1 aromatic rings. The van der Waals surface area contributed by atoms with Crippen molar-refractivity contribution in [1.29, 1.82) is 0 Å². The van der Waals surface area contributed by atoms with Gasteiger partial charge in [-0.15, -0.1) is 0 Å². The van der Waals surface area contributed by atoms with Gasteiger partial charge in [0.1, 0.15) is 0 Å². The summed E-state index contributed by atoms with van der Waals surface area (Å²) < 4.78 is 0. The van der Waals surface area contributed by atoms with Gasteiger partial charge in [-0.2, -0.15) is 0 Å². The molecule has 1 amide bonds. The molecule has 3 nitrogen and oxygen atoms in total. The highest BCUT2D eigenvalue weighted by Gasteiger charge is 2.05. The lowest BCUT2D eigenvalue weighted by Crippen LogP contribution is -2.26. The van der Waals surface area contributed by atoms with Crippen LogP contribution in [0.15, 0.2) is 24.3 Å². The van der Waals surface area contributed by atoms with E-state index in [0.717, 1.165) is 0 Å². The van der Waals surface area contributed by atoms with Gasteiger partial charge in [-0.1, -0.05) is 18.5 Å². The zero-order valence-corrected chi connectivity index (χ0v) is 10.00. The lowest BCUT2D eigenvalue weighted by Gasteiger charge is -2.08. The van der Waals surface area contributed by atoms with Crippen molar-refractivity contribution >= 4 is 17.5 Å². The first-order valence-electron chi connectivity index (χ1n) is 5.35. The van der Waals surface area contributed by atoms with Crippen molar-refractivity contribution in [2.24, 2.45) is 0 Å². The molecule has 0 heterocycles. The number of nitrogens with one attached hydrogen (secondary N) is 1. The second kappa shape index (κ2) is 6.51.